The number of benzene rings is 1. The molecule has 1 unspecified atom stereocenters. The average Bonchev–Trinajstić information content (AvgIpc) is 2.52. The second kappa shape index (κ2) is 7.64. The number of carbonyl (C=O) groups excluding carboxylic acids is 1. The van der Waals surface area contributed by atoms with Gasteiger partial charge in [0.25, 0.3) is 11.5 Å². The number of rotatable bonds is 5. The fourth-order valence-corrected chi connectivity index (χ4v) is 2.18. The van der Waals surface area contributed by atoms with E-state index in [1.807, 2.05) is 0 Å². The molecule has 1 aromatic heterocycles. The summed E-state index contributed by atoms with van der Waals surface area (Å²) < 4.78 is 54.2. The maximum atomic E-state index is 14.1. The number of nitrogens with zero attached hydrogens (tertiary/aromatic N) is 2. The molecule has 0 radical (unpaired) electrons. The zero-order valence-electron chi connectivity index (χ0n) is 14.5. The van der Waals surface area contributed by atoms with Gasteiger partial charge in [-0.3, -0.25) is 14.6 Å². The van der Waals surface area contributed by atoms with Gasteiger partial charge in [0, 0.05) is 31.8 Å². The van der Waals surface area contributed by atoms with Gasteiger partial charge in [0.15, 0.2) is 0 Å². The van der Waals surface area contributed by atoms with Crippen LogP contribution < -0.4 is 20.5 Å². The minimum absolute atomic E-state index is 0.0597. The number of hydrogen-bond donors (Lipinski definition) is 2. The Kier molecular flexibility index (Phi) is 5.72. The van der Waals surface area contributed by atoms with Crippen LogP contribution in [-0.2, 0) is 0 Å². The van der Waals surface area contributed by atoms with Crippen LogP contribution in [0.25, 0.3) is 0 Å². The fraction of sp³-hybridized carbons (Fsp3) is 0.312. The molecule has 11 heteroatoms. The van der Waals surface area contributed by atoms with Crippen molar-refractivity contribution in [2.75, 3.05) is 19.0 Å². The van der Waals surface area contributed by atoms with E-state index in [0.29, 0.717) is 6.07 Å². The lowest BCUT2D eigenvalue weighted by atomic mass is 10.1. The number of ether oxygens (including phenoxy) is 1. The molecule has 0 aliphatic heterocycles. The average molecular weight is 388 g/mol. The van der Waals surface area contributed by atoms with Crippen LogP contribution in [0.15, 0.2) is 29.1 Å². The quantitative estimate of drug-likeness (QED) is 0.768. The van der Waals surface area contributed by atoms with Crippen molar-refractivity contribution >= 4 is 11.9 Å². The first-order valence-corrected chi connectivity index (χ1v) is 7.61. The highest BCUT2D eigenvalue weighted by atomic mass is 19.4. The Balaban J connectivity index is 2.18. The summed E-state index contributed by atoms with van der Waals surface area (Å²) in [6.45, 7) is 1.43. The number of aromatic amines is 1. The molecule has 1 amide bonds. The Labute approximate surface area is 151 Å². The number of aromatic nitrogens is 2. The topological polar surface area (TPSA) is 87.3 Å². The van der Waals surface area contributed by atoms with Crippen LogP contribution in [0.1, 0.15) is 29.0 Å². The lowest BCUT2D eigenvalue weighted by molar-refractivity contribution is -0.274. The van der Waals surface area contributed by atoms with Crippen molar-refractivity contribution in [3.8, 4) is 5.75 Å². The highest BCUT2D eigenvalue weighted by molar-refractivity contribution is 5.92. The number of alkyl halides is 3. The number of anilines is 1. The van der Waals surface area contributed by atoms with E-state index >= 15 is 0 Å². The molecule has 146 valence electrons. The summed E-state index contributed by atoms with van der Waals surface area (Å²) in [6, 6.07) is 2.65. The zero-order valence-corrected chi connectivity index (χ0v) is 14.5. The number of nitrogens with one attached hydrogen (secondary N) is 2. The van der Waals surface area contributed by atoms with Crippen LogP contribution in [0.2, 0.25) is 0 Å². The number of H-pyrrole nitrogens is 1. The molecule has 0 saturated heterocycles. The molecule has 0 spiro atoms. The maximum absolute atomic E-state index is 14.1. The number of amides is 1. The summed E-state index contributed by atoms with van der Waals surface area (Å²) in [5.74, 6) is -2.29. The Bertz CT molecular complexity index is 896. The molecule has 27 heavy (non-hydrogen) atoms. The zero-order chi connectivity index (χ0) is 20.4. The Morgan fingerprint density at radius 2 is 1.96 bits per heavy atom. The van der Waals surface area contributed by atoms with Gasteiger partial charge in [-0.2, -0.15) is 0 Å². The molecule has 2 N–H and O–H groups in total. The summed E-state index contributed by atoms with van der Waals surface area (Å²) in [6.07, 6.45) is -4.94. The highest BCUT2D eigenvalue weighted by Gasteiger charge is 2.31. The minimum atomic E-state index is -4.94. The molecule has 0 aliphatic carbocycles. The standard InChI is InChI=1S/C16H16F4N4O3/c1-8(10-5-4-9(6-11(10)17)27-16(18,19)20)21-14(26)12-7-13(25)23-15(22-12)24(2)3/h4-8H,1-3H3,(H,21,26)(H,22,23,25). The van der Waals surface area contributed by atoms with Crippen LogP contribution >= 0.6 is 0 Å². The SMILES string of the molecule is CC(NC(=O)c1cc(=O)[nH]c(N(C)C)n1)c1ccc(OC(F)(F)F)cc1F. The first-order chi connectivity index (χ1) is 12.5. The Morgan fingerprint density at radius 3 is 2.52 bits per heavy atom. The van der Waals surface area contributed by atoms with E-state index in [4.69, 9.17) is 0 Å². The largest absolute Gasteiger partial charge is 0.573 e. The third-order valence-corrected chi connectivity index (χ3v) is 3.41. The van der Waals surface area contributed by atoms with Crippen molar-refractivity contribution in [2.45, 2.75) is 19.3 Å². The van der Waals surface area contributed by atoms with Gasteiger partial charge in [0.1, 0.15) is 17.3 Å². The molecule has 7 nitrogen and oxygen atoms in total. The number of carbonyl (C=O) groups is 1. The second-order valence-electron chi connectivity index (χ2n) is 5.77. The van der Waals surface area contributed by atoms with Crippen LogP contribution in [0, 0.1) is 5.82 Å². The molecular formula is C16H16F4N4O3. The molecule has 0 aliphatic rings. The van der Waals surface area contributed by atoms with Gasteiger partial charge in [0.2, 0.25) is 5.95 Å². The lowest BCUT2D eigenvalue weighted by Crippen LogP contribution is -2.30. The molecule has 0 fully saturated rings. The van der Waals surface area contributed by atoms with Gasteiger partial charge in [-0.15, -0.1) is 13.2 Å². The van der Waals surface area contributed by atoms with Crippen LogP contribution in [-0.4, -0.2) is 36.3 Å². The van der Waals surface area contributed by atoms with Gasteiger partial charge in [-0.25, -0.2) is 9.37 Å². The Hall–Kier alpha value is -3.11. The van der Waals surface area contributed by atoms with E-state index in [9.17, 15) is 27.2 Å². The van der Waals surface area contributed by atoms with E-state index in [-0.39, 0.29) is 17.2 Å². The van der Waals surface area contributed by atoms with Gasteiger partial charge >= 0.3 is 6.36 Å². The fourth-order valence-electron chi connectivity index (χ4n) is 2.18. The van der Waals surface area contributed by atoms with Crippen molar-refractivity contribution in [1.82, 2.24) is 15.3 Å². The highest BCUT2D eigenvalue weighted by Crippen LogP contribution is 2.26. The molecule has 2 aromatic rings. The predicted molar refractivity (Wildman–Crippen MR) is 88.1 cm³/mol. The number of hydrogen-bond acceptors (Lipinski definition) is 5. The smallest absolute Gasteiger partial charge is 0.406 e. The van der Waals surface area contributed by atoms with E-state index in [0.717, 1.165) is 18.2 Å². The van der Waals surface area contributed by atoms with E-state index < -0.39 is 35.4 Å². The minimum Gasteiger partial charge on any atom is -0.406 e. The summed E-state index contributed by atoms with van der Waals surface area (Å²) in [7, 11) is 3.23. The normalized spacial score (nSPS) is 12.4. The van der Waals surface area contributed by atoms with Crippen LogP contribution in [0.5, 0.6) is 5.75 Å². The predicted octanol–water partition coefficient (Wildman–Crippen LogP) is 2.36. The third kappa shape index (κ3) is 5.43. The van der Waals surface area contributed by atoms with E-state index in [1.165, 1.54) is 11.8 Å². The maximum Gasteiger partial charge on any atom is 0.573 e. The van der Waals surface area contributed by atoms with Crippen molar-refractivity contribution in [1.29, 1.82) is 0 Å². The van der Waals surface area contributed by atoms with Gasteiger partial charge in [-0.1, -0.05) is 6.07 Å². The second-order valence-corrected chi connectivity index (χ2v) is 5.77. The monoisotopic (exact) mass is 388 g/mol. The first-order valence-electron chi connectivity index (χ1n) is 7.61. The van der Waals surface area contributed by atoms with Crippen molar-refractivity contribution in [3.63, 3.8) is 0 Å². The molecule has 2 rings (SSSR count). The molecule has 0 bridgehead atoms. The molecule has 1 aromatic carbocycles. The molecular weight excluding hydrogens is 372 g/mol. The van der Waals surface area contributed by atoms with E-state index in [1.54, 1.807) is 14.1 Å². The Morgan fingerprint density at radius 1 is 1.30 bits per heavy atom. The number of halogens is 4. The van der Waals surface area contributed by atoms with Crippen molar-refractivity contribution in [2.24, 2.45) is 0 Å². The van der Waals surface area contributed by atoms with E-state index in [2.05, 4.69) is 20.0 Å². The molecule has 1 atom stereocenters. The molecule has 0 saturated carbocycles. The van der Waals surface area contributed by atoms with Gasteiger partial charge in [-0.05, 0) is 13.0 Å². The summed E-state index contributed by atoms with van der Waals surface area (Å²) in [5, 5.41) is 2.44. The van der Waals surface area contributed by atoms with Crippen molar-refractivity contribution in [3.05, 3.63) is 51.7 Å². The third-order valence-electron chi connectivity index (χ3n) is 3.41. The van der Waals surface area contributed by atoms with Crippen LogP contribution in [0.3, 0.4) is 0 Å². The van der Waals surface area contributed by atoms with Gasteiger partial charge < -0.3 is 15.0 Å². The van der Waals surface area contributed by atoms with Crippen molar-refractivity contribution < 1.29 is 27.1 Å². The summed E-state index contributed by atoms with van der Waals surface area (Å²) >= 11 is 0. The van der Waals surface area contributed by atoms with Crippen LogP contribution in [0.4, 0.5) is 23.5 Å². The summed E-state index contributed by atoms with van der Waals surface area (Å²) in [4.78, 5) is 31.8. The van der Waals surface area contributed by atoms with Gasteiger partial charge in [0.05, 0.1) is 6.04 Å². The molecule has 1 heterocycles. The lowest BCUT2D eigenvalue weighted by Gasteiger charge is -2.17. The summed E-state index contributed by atoms with van der Waals surface area (Å²) in [5.41, 5.74) is -0.798. The first kappa shape index (κ1) is 20.2.